The van der Waals surface area contributed by atoms with Gasteiger partial charge in [-0.05, 0) is 31.5 Å². The molecule has 0 spiro atoms. The van der Waals surface area contributed by atoms with E-state index in [-0.39, 0.29) is 17.1 Å². The summed E-state index contributed by atoms with van der Waals surface area (Å²) in [6.07, 6.45) is 0.353. The highest BCUT2D eigenvalue weighted by Crippen LogP contribution is 2.20. The van der Waals surface area contributed by atoms with Crippen LogP contribution in [0.3, 0.4) is 0 Å². The van der Waals surface area contributed by atoms with E-state index >= 15 is 0 Å². The summed E-state index contributed by atoms with van der Waals surface area (Å²) in [5.41, 5.74) is -1.23. The molecule has 1 aromatic rings. The van der Waals surface area contributed by atoms with Gasteiger partial charge in [-0.1, -0.05) is 18.5 Å². The fourth-order valence-corrected chi connectivity index (χ4v) is 1.55. The predicted molar refractivity (Wildman–Crippen MR) is 69.8 cm³/mol. The molecule has 19 heavy (non-hydrogen) atoms. The number of halogens is 2. The Balaban J connectivity index is 2.78. The van der Waals surface area contributed by atoms with E-state index < -0.39 is 23.1 Å². The first-order valence-corrected chi connectivity index (χ1v) is 6.14. The molecule has 0 saturated carbocycles. The fraction of sp³-hybridized carbons (Fsp3) is 0.385. The van der Waals surface area contributed by atoms with Crippen LogP contribution in [0.4, 0.5) is 4.39 Å². The van der Waals surface area contributed by atoms with Crippen LogP contribution >= 0.6 is 11.6 Å². The molecule has 1 amide bonds. The molecule has 0 aromatic heterocycles. The maximum absolute atomic E-state index is 13.5. The van der Waals surface area contributed by atoms with E-state index in [1.807, 2.05) is 0 Å². The van der Waals surface area contributed by atoms with Gasteiger partial charge in [0, 0.05) is 11.6 Å². The Hall–Kier alpha value is -1.62. The molecular formula is C13H15ClFNO3. The highest BCUT2D eigenvalue weighted by molar-refractivity contribution is 6.30. The number of carboxylic acid groups (broad SMARTS) is 1. The van der Waals surface area contributed by atoms with Crippen molar-refractivity contribution in [1.82, 2.24) is 5.32 Å². The first kappa shape index (κ1) is 15.4. The van der Waals surface area contributed by atoms with Crippen molar-refractivity contribution in [2.75, 3.05) is 6.54 Å². The van der Waals surface area contributed by atoms with Gasteiger partial charge in [-0.3, -0.25) is 9.59 Å². The van der Waals surface area contributed by atoms with Gasteiger partial charge in [0.2, 0.25) is 0 Å². The molecule has 104 valence electrons. The molecule has 0 saturated heterocycles. The third kappa shape index (κ3) is 3.67. The van der Waals surface area contributed by atoms with Gasteiger partial charge in [0.05, 0.1) is 11.0 Å². The minimum absolute atomic E-state index is 0.0697. The molecule has 0 aliphatic rings. The first-order chi connectivity index (χ1) is 8.80. The Kier molecular flexibility index (Phi) is 4.89. The van der Waals surface area contributed by atoms with Crippen molar-refractivity contribution >= 4 is 23.5 Å². The van der Waals surface area contributed by atoms with Gasteiger partial charge < -0.3 is 10.4 Å². The zero-order valence-corrected chi connectivity index (χ0v) is 11.4. The lowest BCUT2D eigenvalue weighted by molar-refractivity contribution is -0.147. The normalized spacial score (nSPS) is 13.7. The molecule has 1 aromatic carbocycles. The average Bonchev–Trinajstić information content (AvgIpc) is 2.35. The minimum atomic E-state index is -1.07. The topological polar surface area (TPSA) is 66.4 Å². The lowest BCUT2D eigenvalue weighted by Gasteiger charge is -2.23. The average molecular weight is 288 g/mol. The number of nitrogens with one attached hydrogen (secondary N) is 1. The van der Waals surface area contributed by atoms with Crippen molar-refractivity contribution in [2.45, 2.75) is 20.3 Å². The maximum Gasteiger partial charge on any atom is 0.311 e. The van der Waals surface area contributed by atoms with E-state index in [9.17, 15) is 14.0 Å². The van der Waals surface area contributed by atoms with Gasteiger partial charge in [-0.2, -0.15) is 0 Å². The van der Waals surface area contributed by atoms with Gasteiger partial charge in [0.15, 0.2) is 0 Å². The van der Waals surface area contributed by atoms with Crippen molar-refractivity contribution in [3.63, 3.8) is 0 Å². The van der Waals surface area contributed by atoms with Gasteiger partial charge in [-0.25, -0.2) is 4.39 Å². The molecule has 1 unspecified atom stereocenters. The SMILES string of the molecule is CCC(C)(CNC(=O)c1ccc(Cl)cc1F)C(=O)O. The molecule has 2 N–H and O–H groups in total. The number of carboxylic acids is 1. The Morgan fingerprint density at radius 3 is 2.58 bits per heavy atom. The van der Waals surface area contributed by atoms with Crippen molar-refractivity contribution in [2.24, 2.45) is 5.41 Å². The second-order valence-corrected chi connectivity index (χ2v) is 4.96. The second kappa shape index (κ2) is 6.02. The molecule has 1 atom stereocenters. The lowest BCUT2D eigenvalue weighted by atomic mass is 9.87. The fourth-order valence-electron chi connectivity index (χ4n) is 1.40. The third-order valence-corrected chi connectivity index (χ3v) is 3.35. The van der Waals surface area contributed by atoms with Crippen LogP contribution in [0, 0.1) is 11.2 Å². The summed E-state index contributed by atoms with van der Waals surface area (Å²) in [5, 5.41) is 11.7. The molecular weight excluding hydrogens is 273 g/mol. The number of hydrogen-bond donors (Lipinski definition) is 2. The van der Waals surface area contributed by atoms with Crippen LogP contribution in [0.2, 0.25) is 5.02 Å². The highest BCUT2D eigenvalue weighted by atomic mass is 35.5. The summed E-state index contributed by atoms with van der Waals surface area (Å²) < 4.78 is 13.5. The molecule has 0 aliphatic heterocycles. The number of rotatable bonds is 5. The molecule has 0 bridgehead atoms. The van der Waals surface area contributed by atoms with E-state index in [1.54, 1.807) is 6.92 Å². The zero-order valence-electron chi connectivity index (χ0n) is 10.7. The zero-order chi connectivity index (χ0) is 14.6. The van der Waals surface area contributed by atoms with Crippen LogP contribution in [0.1, 0.15) is 30.6 Å². The quantitative estimate of drug-likeness (QED) is 0.875. The van der Waals surface area contributed by atoms with Crippen molar-refractivity contribution in [1.29, 1.82) is 0 Å². The van der Waals surface area contributed by atoms with E-state index in [4.69, 9.17) is 16.7 Å². The highest BCUT2D eigenvalue weighted by Gasteiger charge is 2.31. The second-order valence-electron chi connectivity index (χ2n) is 4.53. The Bertz CT molecular complexity index is 507. The van der Waals surface area contributed by atoms with Gasteiger partial charge in [0.1, 0.15) is 5.82 Å². The standard InChI is InChI=1S/C13H15ClFNO3/c1-3-13(2,12(18)19)7-16-11(17)9-5-4-8(14)6-10(9)15/h4-6H,3,7H2,1-2H3,(H,16,17)(H,18,19). The number of aliphatic carboxylic acids is 1. The number of carbonyl (C=O) groups is 2. The van der Waals surface area contributed by atoms with Gasteiger partial charge in [0.25, 0.3) is 5.91 Å². The van der Waals surface area contributed by atoms with Gasteiger partial charge in [-0.15, -0.1) is 0 Å². The minimum Gasteiger partial charge on any atom is -0.481 e. The maximum atomic E-state index is 13.5. The molecule has 0 radical (unpaired) electrons. The van der Waals surface area contributed by atoms with E-state index in [0.717, 1.165) is 6.07 Å². The van der Waals surface area contributed by atoms with Crippen LogP contribution < -0.4 is 5.32 Å². The summed E-state index contributed by atoms with van der Waals surface area (Å²) in [6.45, 7) is 3.16. The molecule has 0 heterocycles. The molecule has 0 aliphatic carbocycles. The molecule has 1 rings (SSSR count). The largest absolute Gasteiger partial charge is 0.481 e. The van der Waals surface area contributed by atoms with E-state index in [0.29, 0.717) is 6.42 Å². The van der Waals surface area contributed by atoms with Crippen molar-refractivity contribution in [3.8, 4) is 0 Å². The van der Waals surface area contributed by atoms with Crippen molar-refractivity contribution in [3.05, 3.63) is 34.6 Å². The van der Waals surface area contributed by atoms with Crippen LogP contribution in [-0.4, -0.2) is 23.5 Å². The number of benzene rings is 1. The van der Waals surface area contributed by atoms with Crippen LogP contribution in [0.5, 0.6) is 0 Å². The number of hydrogen-bond acceptors (Lipinski definition) is 2. The summed E-state index contributed by atoms with van der Waals surface area (Å²) in [5.74, 6) is -2.40. The Morgan fingerprint density at radius 1 is 1.47 bits per heavy atom. The van der Waals surface area contributed by atoms with Crippen LogP contribution in [-0.2, 0) is 4.79 Å². The number of carbonyl (C=O) groups excluding carboxylic acids is 1. The van der Waals surface area contributed by atoms with E-state index in [2.05, 4.69) is 5.32 Å². The Labute approximate surface area is 115 Å². The first-order valence-electron chi connectivity index (χ1n) is 5.77. The summed E-state index contributed by atoms with van der Waals surface area (Å²) in [4.78, 5) is 22.8. The smallest absolute Gasteiger partial charge is 0.311 e. The molecule has 6 heteroatoms. The summed E-state index contributed by atoms with van der Waals surface area (Å²) in [6, 6.07) is 3.69. The summed E-state index contributed by atoms with van der Waals surface area (Å²) >= 11 is 5.59. The molecule has 4 nitrogen and oxygen atoms in total. The third-order valence-electron chi connectivity index (χ3n) is 3.11. The van der Waals surface area contributed by atoms with Crippen LogP contribution in [0.15, 0.2) is 18.2 Å². The van der Waals surface area contributed by atoms with Crippen molar-refractivity contribution < 1.29 is 19.1 Å². The summed E-state index contributed by atoms with van der Waals surface area (Å²) in [7, 11) is 0. The predicted octanol–water partition coefficient (Wildman–Crippen LogP) is 2.71. The van der Waals surface area contributed by atoms with Crippen LogP contribution in [0.25, 0.3) is 0 Å². The van der Waals surface area contributed by atoms with Gasteiger partial charge >= 0.3 is 5.97 Å². The number of amides is 1. The lowest BCUT2D eigenvalue weighted by Crippen LogP contribution is -2.40. The Morgan fingerprint density at radius 2 is 2.11 bits per heavy atom. The monoisotopic (exact) mass is 287 g/mol. The van der Waals surface area contributed by atoms with E-state index in [1.165, 1.54) is 19.1 Å². The molecule has 0 fully saturated rings.